The molecular weight excluding hydrogens is 344 g/mol. The molecule has 0 bridgehead atoms. The zero-order valence-corrected chi connectivity index (χ0v) is 15.4. The molecule has 1 rings (SSSR count). The van der Waals surface area contributed by atoms with Gasteiger partial charge in [0.05, 0.1) is 6.04 Å². The topological polar surface area (TPSA) is 93.5 Å². The van der Waals surface area contributed by atoms with Crippen LogP contribution in [0.1, 0.15) is 39.2 Å². The molecule has 0 saturated carbocycles. The van der Waals surface area contributed by atoms with Crippen LogP contribution in [0.3, 0.4) is 0 Å². The summed E-state index contributed by atoms with van der Waals surface area (Å²) in [7, 11) is 0. The Morgan fingerprint density at radius 1 is 1.27 bits per heavy atom. The zero-order valence-electron chi connectivity index (χ0n) is 15.4. The third-order valence-electron chi connectivity index (χ3n) is 3.35. The number of nitrogens with two attached hydrogens (primary N) is 1. The lowest BCUT2D eigenvalue weighted by molar-refractivity contribution is -0.121. The first-order valence-corrected chi connectivity index (χ1v) is 8.51. The highest BCUT2D eigenvalue weighted by Gasteiger charge is 2.21. The van der Waals surface area contributed by atoms with Gasteiger partial charge in [-0.2, -0.15) is 0 Å². The van der Waals surface area contributed by atoms with Crippen LogP contribution in [0.2, 0.25) is 0 Å². The van der Waals surface area contributed by atoms with E-state index in [1.54, 1.807) is 20.8 Å². The Morgan fingerprint density at radius 3 is 2.58 bits per heavy atom. The molecule has 1 unspecified atom stereocenters. The number of halogens is 2. The molecule has 0 spiro atoms. The summed E-state index contributed by atoms with van der Waals surface area (Å²) in [5, 5.41) is 5.25. The van der Waals surface area contributed by atoms with E-state index in [0.29, 0.717) is 13.0 Å². The smallest absolute Gasteiger partial charge is 0.407 e. The molecule has 2 amide bonds. The first-order valence-electron chi connectivity index (χ1n) is 8.51. The minimum atomic E-state index is -0.705. The van der Waals surface area contributed by atoms with Crippen molar-refractivity contribution in [2.45, 2.75) is 51.7 Å². The van der Waals surface area contributed by atoms with Crippen molar-refractivity contribution in [2.75, 3.05) is 13.1 Å². The molecular formula is C18H27F2N3O3. The summed E-state index contributed by atoms with van der Waals surface area (Å²) < 4.78 is 32.5. The number of rotatable bonds is 8. The van der Waals surface area contributed by atoms with E-state index in [1.165, 1.54) is 0 Å². The van der Waals surface area contributed by atoms with Crippen LogP contribution in [0.25, 0.3) is 0 Å². The SMILES string of the molecule is CC(C)(C)OC(=O)NC(CNC(=O)CCCN)Cc1cc(F)ccc1F. The Bertz CT molecular complexity index is 618. The van der Waals surface area contributed by atoms with Gasteiger partial charge in [-0.1, -0.05) is 0 Å². The van der Waals surface area contributed by atoms with Gasteiger partial charge >= 0.3 is 6.09 Å². The molecule has 1 aromatic carbocycles. The summed E-state index contributed by atoms with van der Waals surface area (Å²) in [6.07, 6.45) is 0.0916. The second-order valence-corrected chi connectivity index (χ2v) is 6.98. The van der Waals surface area contributed by atoms with E-state index in [-0.39, 0.29) is 30.9 Å². The lowest BCUT2D eigenvalue weighted by Gasteiger charge is -2.24. The number of hydrogen-bond donors (Lipinski definition) is 3. The monoisotopic (exact) mass is 371 g/mol. The van der Waals surface area contributed by atoms with Crippen LogP contribution in [0.5, 0.6) is 0 Å². The highest BCUT2D eigenvalue weighted by molar-refractivity contribution is 5.76. The maximum atomic E-state index is 13.9. The summed E-state index contributed by atoms with van der Waals surface area (Å²) >= 11 is 0. The third kappa shape index (κ3) is 8.75. The molecule has 0 heterocycles. The number of hydrogen-bond acceptors (Lipinski definition) is 4. The Kier molecular flexibility index (Phi) is 8.44. The number of alkyl carbamates (subject to hydrolysis) is 1. The van der Waals surface area contributed by atoms with Crippen LogP contribution in [-0.4, -0.2) is 36.7 Å². The molecule has 1 aromatic rings. The molecule has 6 nitrogen and oxygen atoms in total. The van der Waals surface area contributed by atoms with Gasteiger partial charge < -0.3 is 21.1 Å². The van der Waals surface area contributed by atoms with E-state index < -0.39 is 29.4 Å². The molecule has 0 aliphatic carbocycles. The molecule has 0 aliphatic rings. The van der Waals surface area contributed by atoms with Crippen molar-refractivity contribution in [3.05, 3.63) is 35.4 Å². The van der Waals surface area contributed by atoms with Crippen LogP contribution in [0, 0.1) is 11.6 Å². The Morgan fingerprint density at radius 2 is 1.96 bits per heavy atom. The molecule has 0 fully saturated rings. The third-order valence-corrected chi connectivity index (χ3v) is 3.35. The Hall–Kier alpha value is -2.22. The molecule has 4 N–H and O–H groups in total. The van der Waals surface area contributed by atoms with Gasteiger partial charge in [-0.15, -0.1) is 0 Å². The maximum absolute atomic E-state index is 13.9. The normalized spacial score (nSPS) is 12.4. The fourth-order valence-corrected chi connectivity index (χ4v) is 2.20. The van der Waals surface area contributed by atoms with Gasteiger partial charge in [0.1, 0.15) is 17.2 Å². The number of nitrogens with one attached hydrogen (secondary N) is 2. The van der Waals surface area contributed by atoms with Gasteiger partial charge in [-0.3, -0.25) is 4.79 Å². The van der Waals surface area contributed by atoms with E-state index in [2.05, 4.69) is 10.6 Å². The van der Waals surface area contributed by atoms with Crippen molar-refractivity contribution in [2.24, 2.45) is 5.73 Å². The van der Waals surface area contributed by atoms with Crippen LogP contribution >= 0.6 is 0 Å². The van der Waals surface area contributed by atoms with Gasteiger partial charge in [-0.05, 0) is 63.9 Å². The van der Waals surface area contributed by atoms with E-state index >= 15 is 0 Å². The summed E-state index contributed by atoms with van der Waals surface area (Å²) in [4.78, 5) is 23.7. The van der Waals surface area contributed by atoms with Crippen molar-refractivity contribution >= 4 is 12.0 Å². The lowest BCUT2D eigenvalue weighted by Crippen LogP contribution is -2.46. The first kappa shape index (κ1) is 21.8. The minimum absolute atomic E-state index is 0.00000504. The van der Waals surface area contributed by atoms with Crippen LogP contribution in [0.15, 0.2) is 18.2 Å². The van der Waals surface area contributed by atoms with Crippen molar-refractivity contribution in [3.8, 4) is 0 Å². The minimum Gasteiger partial charge on any atom is -0.444 e. The summed E-state index contributed by atoms with van der Waals surface area (Å²) in [6, 6.07) is 2.44. The van der Waals surface area contributed by atoms with Crippen molar-refractivity contribution in [1.82, 2.24) is 10.6 Å². The average molecular weight is 371 g/mol. The van der Waals surface area contributed by atoms with Crippen LogP contribution in [-0.2, 0) is 16.0 Å². The van der Waals surface area contributed by atoms with Gasteiger partial charge in [0.2, 0.25) is 5.91 Å². The average Bonchev–Trinajstić information content (AvgIpc) is 2.52. The summed E-state index contributed by atoms with van der Waals surface area (Å²) in [5.41, 5.74) is 4.75. The molecule has 0 saturated heterocycles. The van der Waals surface area contributed by atoms with Gasteiger partial charge in [0.25, 0.3) is 0 Å². The fourth-order valence-electron chi connectivity index (χ4n) is 2.20. The van der Waals surface area contributed by atoms with Gasteiger partial charge in [0, 0.05) is 13.0 Å². The van der Waals surface area contributed by atoms with Crippen LogP contribution in [0.4, 0.5) is 13.6 Å². The predicted octanol–water partition coefficient (Wildman–Crippen LogP) is 2.26. The second kappa shape index (κ2) is 10.1. The summed E-state index contributed by atoms with van der Waals surface area (Å²) in [5.74, 6) is -1.40. The largest absolute Gasteiger partial charge is 0.444 e. The number of benzene rings is 1. The fraction of sp³-hybridized carbons (Fsp3) is 0.556. The molecule has 0 aliphatic heterocycles. The summed E-state index contributed by atoms with van der Waals surface area (Å²) in [6.45, 7) is 5.58. The van der Waals surface area contributed by atoms with Crippen molar-refractivity contribution < 1.29 is 23.1 Å². The number of carbonyl (C=O) groups is 2. The molecule has 146 valence electrons. The predicted molar refractivity (Wildman–Crippen MR) is 94.5 cm³/mol. The van der Waals surface area contributed by atoms with E-state index in [1.807, 2.05) is 0 Å². The lowest BCUT2D eigenvalue weighted by atomic mass is 10.0. The second-order valence-electron chi connectivity index (χ2n) is 6.98. The molecule has 8 heteroatoms. The highest BCUT2D eigenvalue weighted by Crippen LogP contribution is 2.13. The Balaban J connectivity index is 2.78. The maximum Gasteiger partial charge on any atom is 0.407 e. The number of amides is 2. The van der Waals surface area contributed by atoms with Crippen molar-refractivity contribution in [1.29, 1.82) is 0 Å². The zero-order chi connectivity index (χ0) is 19.7. The molecule has 0 aromatic heterocycles. The molecule has 1 atom stereocenters. The van der Waals surface area contributed by atoms with Gasteiger partial charge in [-0.25, -0.2) is 13.6 Å². The van der Waals surface area contributed by atoms with E-state index in [0.717, 1.165) is 18.2 Å². The van der Waals surface area contributed by atoms with E-state index in [4.69, 9.17) is 10.5 Å². The first-order chi connectivity index (χ1) is 12.1. The highest BCUT2D eigenvalue weighted by atomic mass is 19.1. The van der Waals surface area contributed by atoms with Gasteiger partial charge in [0.15, 0.2) is 0 Å². The standard InChI is InChI=1S/C18H27F2N3O3/c1-18(2,3)26-17(25)23-14(11-22-16(24)5-4-8-21)10-12-9-13(19)6-7-15(12)20/h6-7,9,14H,4-5,8,10-11,21H2,1-3H3,(H,22,24)(H,23,25). The Labute approximate surface area is 152 Å². The molecule has 0 radical (unpaired) electrons. The van der Waals surface area contributed by atoms with Crippen LogP contribution < -0.4 is 16.4 Å². The van der Waals surface area contributed by atoms with E-state index in [9.17, 15) is 18.4 Å². The number of ether oxygens (including phenoxy) is 1. The molecule has 26 heavy (non-hydrogen) atoms. The number of carbonyl (C=O) groups excluding carboxylic acids is 2. The quantitative estimate of drug-likeness (QED) is 0.653. The van der Waals surface area contributed by atoms with Crippen molar-refractivity contribution in [3.63, 3.8) is 0 Å².